The highest BCUT2D eigenvalue weighted by Gasteiger charge is 2.34. The first-order chi connectivity index (χ1) is 14.0. The summed E-state index contributed by atoms with van der Waals surface area (Å²) in [6, 6.07) is 14.9. The Hall–Kier alpha value is -3.42. The molecule has 150 valence electrons. The minimum atomic E-state index is -0.490. The monoisotopic (exact) mass is 395 g/mol. The summed E-state index contributed by atoms with van der Waals surface area (Å²) in [7, 11) is 1.60. The van der Waals surface area contributed by atoms with Crippen LogP contribution in [0.3, 0.4) is 0 Å². The standard InChI is InChI=1S/C21H22FN5O2/c1-25-21(29)27(14-15-8-3-2-4-9-15)19(24-25)18-12-7-13-26(18)20(28)23-17-11-6-5-10-16(17)22/h2-6,8-11,18H,7,12-14H2,1H3,(H,23,28). The zero-order valence-electron chi connectivity index (χ0n) is 16.1. The van der Waals surface area contributed by atoms with Crippen LogP contribution in [0.25, 0.3) is 0 Å². The average molecular weight is 395 g/mol. The predicted molar refractivity (Wildman–Crippen MR) is 107 cm³/mol. The van der Waals surface area contributed by atoms with Crippen LogP contribution in [0.15, 0.2) is 59.4 Å². The molecule has 0 saturated carbocycles. The number of likely N-dealkylation sites (tertiary alicyclic amines) is 1. The van der Waals surface area contributed by atoms with Crippen molar-refractivity contribution in [2.45, 2.75) is 25.4 Å². The molecule has 4 rings (SSSR count). The molecule has 1 aliphatic heterocycles. The number of aryl methyl sites for hydroxylation is 1. The lowest BCUT2D eigenvalue weighted by atomic mass is 10.2. The van der Waals surface area contributed by atoms with Gasteiger partial charge in [0.05, 0.1) is 18.3 Å². The number of aromatic nitrogens is 3. The number of hydrogen-bond acceptors (Lipinski definition) is 3. The first-order valence-electron chi connectivity index (χ1n) is 9.54. The smallest absolute Gasteiger partial charge is 0.314 e. The van der Waals surface area contributed by atoms with Crippen LogP contribution in [-0.4, -0.2) is 31.8 Å². The topological polar surface area (TPSA) is 72.2 Å². The Morgan fingerprint density at radius 1 is 1.17 bits per heavy atom. The molecule has 7 nitrogen and oxygen atoms in total. The van der Waals surface area contributed by atoms with E-state index in [9.17, 15) is 14.0 Å². The van der Waals surface area contributed by atoms with Crippen LogP contribution in [0, 0.1) is 5.82 Å². The van der Waals surface area contributed by atoms with Crippen molar-refractivity contribution in [1.29, 1.82) is 0 Å². The van der Waals surface area contributed by atoms with Crippen molar-refractivity contribution in [1.82, 2.24) is 19.2 Å². The molecule has 1 aromatic heterocycles. The van der Waals surface area contributed by atoms with Crippen molar-refractivity contribution in [3.05, 3.63) is 82.3 Å². The molecule has 2 amide bonds. The van der Waals surface area contributed by atoms with E-state index in [1.165, 1.54) is 16.8 Å². The third-order valence-corrected chi connectivity index (χ3v) is 5.15. The Balaban J connectivity index is 1.62. The van der Waals surface area contributed by atoms with Gasteiger partial charge in [-0.2, -0.15) is 5.10 Å². The molecule has 0 spiro atoms. The van der Waals surface area contributed by atoms with Crippen molar-refractivity contribution in [2.24, 2.45) is 7.05 Å². The van der Waals surface area contributed by atoms with E-state index in [4.69, 9.17) is 0 Å². The molecule has 0 bridgehead atoms. The number of benzene rings is 2. The lowest BCUT2D eigenvalue weighted by molar-refractivity contribution is 0.203. The van der Waals surface area contributed by atoms with E-state index in [1.54, 1.807) is 28.6 Å². The maximum absolute atomic E-state index is 13.9. The number of amides is 2. The molecule has 1 aliphatic rings. The fourth-order valence-corrected chi connectivity index (χ4v) is 3.71. The van der Waals surface area contributed by atoms with E-state index < -0.39 is 11.8 Å². The SMILES string of the molecule is Cn1nc(C2CCCN2C(=O)Nc2ccccc2F)n(Cc2ccccc2)c1=O. The molecule has 8 heteroatoms. The van der Waals surface area contributed by atoms with E-state index in [1.807, 2.05) is 30.3 Å². The summed E-state index contributed by atoms with van der Waals surface area (Å²) >= 11 is 0. The predicted octanol–water partition coefficient (Wildman–Crippen LogP) is 3.14. The Morgan fingerprint density at radius 2 is 1.90 bits per heavy atom. The molecular formula is C21H22FN5O2. The molecular weight excluding hydrogens is 373 g/mol. The van der Waals surface area contributed by atoms with Gasteiger partial charge in [0.2, 0.25) is 0 Å². The summed E-state index contributed by atoms with van der Waals surface area (Å²) in [5.41, 5.74) is 0.875. The second-order valence-corrected chi connectivity index (χ2v) is 7.10. The average Bonchev–Trinajstić information content (AvgIpc) is 3.31. The fraction of sp³-hybridized carbons (Fsp3) is 0.286. The molecule has 1 N–H and O–H groups in total. The molecule has 2 heterocycles. The summed E-state index contributed by atoms with van der Waals surface area (Å²) in [4.78, 5) is 27.1. The maximum Gasteiger partial charge on any atom is 0.346 e. The molecule has 1 atom stereocenters. The van der Waals surface area contributed by atoms with Gasteiger partial charge < -0.3 is 10.2 Å². The van der Waals surface area contributed by atoms with Crippen LogP contribution in [0.2, 0.25) is 0 Å². The van der Waals surface area contributed by atoms with Gasteiger partial charge in [0, 0.05) is 13.6 Å². The van der Waals surface area contributed by atoms with E-state index in [2.05, 4.69) is 10.4 Å². The largest absolute Gasteiger partial charge is 0.346 e. The summed E-state index contributed by atoms with van der Waals surface area (Å²) in [6.45, 7) is 0.892. The van der Waals surface area contributed by atoms with E-state index in [0.29, 0.717) is 25.3 Å². The van der Waals surface area contributed by atoms with Gasteiger partial charge in [-0.15, -0.1) is 0 Å². The van der Waals surface area contributed by atoms with Gasteiger partial charge in [0.15, 0.2) is 5.82 Å². The molecule has 1 saturated heterocycles. The van der Waals surface area contributed by atoms with Gasteiger partial charge in [0.25, 0.3) is 0 Å². The Labute approximate surface area is 167 Å². The van der Waals surface area contributed by atoms with Crippen molar-refractivity contribution in [2.75, 3.05) is 11.9 Å². The fourth-order valence-electron chi connectivity index (χ4n) is 3.71. The molecule has 1 fully saturated rings. The van der Waals surface area contributed by atoms with E-state index in [-0.39, 0.29) is 17.4 Å². The number of urea groups is 1. The summed E-state index contributed by atoms with van der Waals surface area (Å²) in [5.74, 6) is 0.0537. The highest BCUT2D eigenvalue weighted by atomic mass is 19.1. The van der Waals surface area contributed by atoms with Crippen molar-refractivity contribution >= 4 is 11.7 Å². The highest BCUT2D eigenvalue weighted by Crippen LogP contribution is 2.31. The van der Waals surface area contributed by atoms with Crippen LogP contribution in [-0.2, 0) is 13.6 Å². The van der Waals surface area contributed by atoms with Crippen LogP contribution < -0.4 is 11.0 Å². The zero-order chi connectivity index (χ0) is 20.4. The minimum Gasteiger partial charge on any atom is -0.314 e. The number of halogens is 1. The van der Waals surface area contributed by atoms with Gasteiger partial charge in [-0.3, -0.25) is 4.57 Å². The second-order valence-electron chi connectivity index (χ2n) is 7.10. The van der Waals surface area contributed by atoms with Crippen molar-refractivity contribution in [3.8, 4) is 0 Å². The number of carbonyl (C=O) groups is 1. The zero-order valence-corrected chi connectivity index (χ0v) is 16.1. The first-order valence-corrected chi connectivity index (χ1v) is 9.54. The van der Waals surface area contributed by atoms with Gasteiger partial charge in [-0.25, -0.2) is 18.7 Å². The van der Waals surface area contributed by atoms with Crippen LogP contribution in [0.4, 0.5) is 14.9 Å². The molecule has 0 radical (unpaired) electrons. The third kappa shape index (κ3) is 3.78. The summed E-state index contributed by atoms with van der Waals surface area (Å²) in [5, 5.41) is 7.05. The first kappa shape index (κ1) is 18.9. The summed E-state index contributed by atoms with van der Waals surface area (Å²) in [6.07, 6.45) is 1.47. The molecule has 0 aliphatic carbocycles. The quantitative estimate of drug-likeness (QED) is 0.738. The summed E-state index contributed by atoms with van der Waals surface area (Å²) < 4.78 is 16.8. The Morgan fingerprint density at radius 3 is 2.66 bits per heavy atom. The second kappa shape index (κ2) is 7.90. The molecule has 3 aromatic rings. The number of hydrogen-bond donors (Lipinski definition) is 1. The third-order valence-electron chi connectivity index (χ3n) is 5.15. The van der Waals surface area contributed by atoms with E-state index in [0.717, 1.165) is 12.0 Å². The number of para-hydroxylation sites is 1. The maximum atomic E-state index is 13.9. The lowest BCUT2D eigenvalue weighted by Gasteiger charge is -2.24. The van der Waals surface area contributed by atoms with Crippen LogP contribution in [0.1, 0.15) is 30.3 Å². The Bertz CT molecular complexity index is 1080. The number of rotatable bonds is 4. The lowest BCUT2D eigenvalue weighted by Crippen LogP contribution is -2.36. The van der Waals surface area contributed by atoms with Crippen LogP contribution in [0.5, 0.6) is 0 Å². The molecule has 1 unspecified atom stereocenters. The van der Waals surface area contributed by atoms with Crippen molar-refractivity contribution < 1.29 is 9.18 Å². The number of nitrogens with zero attached hydrogens (tertiary/aromatic N) is 4. The van der Waals surface area contributed by atoms with Crippen LogP contribution >= 0.6 is 0 Å². The normalized spacial score (nSPS) is 16.2. The number of anilines is 1. The number of carbonyl (C=O) groups excluding carboxylic acids is 1. The highest BCUT2D eigenvalue weighted by molar-refractivity contribution is 5.89. The van der Waals surface area contributed by atoms with Gasteiger partial charge >= 0.3 is 11.7 Å². The van der Waals surface area contributed by atoms with Gasteiger partial charge in [0.1, 0.15) is 5.82 Å². The van der Waals surface area contributed by atoms with Gasteiger partial charge in [-0.1, -0.05) is 42.5 Å². The molecule has 29 heavy (non-hydrogen) atoms. The van der Waals surface area contributed by atoms with Crippen molar-refractivity contribution in [3.63, 3.8) is 0 Å². The minimum absolute atomic E-state index is 0.130. The van der Waals surface area contributed by atoms with E-state index >= 15 is 0 Å². The molecule has 2 aromatic carbocycles. The van der Waals surface area contributed by atoms with Gasteiger partial charge in [-0.05, 0) is 30.5 Å². The number of nitrogens with one attached hydrogen (secondary N) is 1. The Kier molecular flexibility index (Phi) is 5.16.